The maximum absolute atomic E-state index is 11.6. The molecule has 6 fully saturated rings. The largest absolute Gasteiger partial charge is 0.484 e. The van der Waals surface area contributed by atoms with Crippen LogP contribution in [-0.4, -0.2) is 41.7 Å². The van der Waals surface area contributed by atoms with Gasteiger partial charge in [-0.1, -0.05) is 12.1 Å². The number of carboxylic acid groups (broad SMARTS) is 1. The lowest BCUT2D eigenvalue weighted by atomic mass is 9.53. The summed E-state index contributed by atoms with van der Waals surface area (Å²) in [5, 5.41) is 10.9. The van der Waals surface area contributed by atoms with Gasteiger partial charge in [-0.05, 0) is 80.4 Å². The van der Waals surface area contributed by atoms with Gasteiger partial charge in [0.25, 0.3) is 5.91 Å². The van der Waals surface area contributed by atoms with Crippen LogP contribution in [0.25, 0.3) is 0 Å². The average Bonchev–Trinajstić information content (AvgIpc) is 3.20. The minimum absolute atomic E-state index is 0.210. The summed E-state index contributed by atoms with van der Waals surface area (Å²) in [5.41, 5.74) is 1.24. The smallest absolute Gasteiger partial charge is 0.322 e. The number of benzene rings is 1. The Bertz CT molecular complexity index is 909. The first kappa shape index (κ1) is 22.3. The quantitative estimate of drug-likeness (QED) is 0.609. The Hall–Kier alpha value is -2.16. The van der Waals surface area contributed by atoms with E-state index in [2.05, 4.69) is 5.32 Å². The Labute approximate surface area is 199 Å². The summed E-state index contributed by atoms with van der Waals surface area (Å²) in [6, 6.07) is 7.80. The third kappa shape index (κ3) is 3.99. The fourth-order valence-electron chi connectivity index (χ4n) is 7.40. The molecule has 5 aliphatic carbocycles. The molecule has 5 saturated carbocycles. The van der Waals surface area contributed by atoms with Crippen LogP contribution in [-0.2, 0) is 24.1 Å². The molecule has 2 N–H and O–H groups in total. The van der Waals surface area contributed by atoms with Crippen molar-refractivity contribution < 1.29 is 33.9 Å². The summed E-state index contributed by atoms with van der Waals surface area (Å²) < 4.78 is 12.3. The standard InChI is InChI=1S/C26H33NO7/c28-23(27-14-24(29)30)15-31-22-3-1-18(2-4-22)19-5-7-25(8-6-19)32-26(34-33-25)20-10-16-9-17(12-20)13-21(26)11-16/h1-4,16-17,19-21H,5-15H2,(H,27,28)(H,29,30). The number of carbonyl (C=O) groups excluding carboxylic acids is 1. The molecule has 6 aliphatic rings. The van der Waals surface area contributed by atoms with E-state index < -0.39 is 30.0 Å². The minimum Gasteiger partial charge on any atom is -0.484 e. The van der Waals surface area contributed by atoms with Crippen molar-refractivity contribution in [1.29, 1.82) is 0 Å². The second-order valence-electron chi connectivity index (χ2n) is 11.0. The zero-order chi connectivity index (χ0) is 23.3. The highest BCUT2D eigenvalue weighted by atomic mass is 17.3. The number of nitrogens with one attached hydrogen (secondary N) is 1. The van der Waals surface area contributed by atoms with Crippen LogP contribution in [0.2, 0.25) is 0 Å². The van der Waals surface area contributed by atoms with Gasteiger partial charge in [0, 0.05) is 24.7 Å². The number of ether oxygens (including phenoxy) is 2. The van der Waals surface area contributed by atoms with Crippen molar-refractivity contribution in [2.75, 3.05) is 13.2 Å². The Morgan fingerprint density at radius 3 is 2.24 bits per heavy atom. The highest BCUT2D eigenvalue weighted by Gasteiger charge is 2.66. The normalized spacial score (nSPS) is 40.1. The zero-order valence-electron chi connectivity index (χ0n) is 19.4. The van der Waals surface area contributed by atoms with Crippen molar-refractivity contribution in [3.8, 4) is 5.75 Å². The van der Waals surface area contributed by atoms with E-state index in [0.29, 0.717) is 23.5 Å². The van der Waals surface area contributed by atoms with Crippen LogP contribution >= 0.6 is 0 Å². The molecular formula is C26H33NO7. The van der Waals surface area contributed by atoms with Gasteiger partial charge in [-0.25, -0.2) is 0 Å². The highest BCUT2D eigenvalue weighted by molar-refractivity contribution is 5.82. The molecule has 1 aliphatic heterocycles. The van der Waals surface area contributed by atoms with Crippen LogP contribution in [0.5, 0.6) is 5.75 Å². The third-order valence-electron chi connectivity index (χ3n) is 8.85. The van der Waals surface area contributed by atoms with E-state index in [0.717, 1.165) is 37.5 Å². The molecule has 7 rings (SSSR count). The second-order valence-corrected chi connectivity index (χ2v) is 11.0. The van der Waals surface area contributed by atoms with E-state index in [4.69, 9.17) is 24.4 Å². The summed E-state index contributed by atoms with van der Waals surface area (Å²) in [6.45, 7) is -0.620. The predicted molar refractivity (Wildman–Crippen MR) is 120 cm³/mol. The van der Waals surface area contributed by atoms with Crippen molar-refractivity contribution in [1.82, 2.24) is 5.32 Å². The Morgan fingerprint density at radius 1 is 0.971 bits per heavy atom. The summed E-state index contributed by atoms with van der Waals surface area (Å²) in [4.78, 5) is 34.3. The third-order valence-corrected chi connectivity index (χ3v) is 8.85. The fraction of sp³-hybridized carbons (Fsp3) is 0.692. The maximum Gasteiger partial charge on any atom is 0.322 e. The molecule has 0 unspecified atom stereocenters. The minimum atomic E-state index is -1.08. The van der Waals surface area contributed by atoms with Crippen molar-refractivity contribution in [3.63, 3.8) is 0 Å². The van der Waals surface area contributed by atoms with Crippen molar-refractivity contribution >= 4 is 11.9 Å². The van der Waals surface area contributed by atoms with Crippen molar-refractivity contribution in [2.45, 2.75) is 75.3 Å². The number of rotatable bonds is 6. The van der Waals surface area contributed by atoms with E-state index in [1.54, 1.807) is 0 Å². The van der Waals surface area contributed by atoms with Gasteiger partial charge in [-0.15, -0.1) is 0 Å². The molecule has 8 heteroatoms. The highest BCUT2D eigenvalue weighted by Crippen LogP contribution is 2.64. The maximum atomic E-state index is 11.6. The van der Waals surface area contributed by atoms with Crippen LogP contribution in [0.1, 0.15) is 69.3 Å². The van der Waals surface area contributed by atoms with Gasteiger partial charge in [0.05, 0.1) is 0 Å². The van der Waals surface area contributed by atoms with Crippen LogP contribution in [0.4, 0.5) is 0 Å². The van der Waals surface area contributed by atoms with Gasteiger partial charge in [0.2, 0.25) is 11.6 Å². The molecule has 0 radical (unpaired) electrons. The topological polar surface area (TPSA) is 103 Å². The molecule has 0 atom stereocenters. The molecule has 8 nitrogen and oxygen atoms in total. The number of carbonyl (C=O) groups is 2. The van der Waals surface area contributed by atoms with Gasteiger partial charge in [0.1, 0.15) is 12.3 Å². The molecule has 4 bridgehead atoms. The summed E-state index contributed by atoms with van der Waals surface area (Å²) >= 11 is 0. The predicted octanol–water partition coefficient (Wildman–Crippen LogP) is 3.75. The second kappa shape index (κ2) is 8.50. The Balaban J connectivity index is 1.02. The lowest BCUT2D eigenvalue weighted by molar-refractivity contribution is -0.390. The Morgan fingerprint density at radius 2 is 1.62 bits per heavy atom. The fourth-order valence-corrected chi connectivity index (χ4v) is 7.40. The molecule has 2 spiro atoms. The van der Waals surface area contributed by atoms with Gasteiger partial charge >= 0.3 is 5.97 Å². The SMILES string of the molecule is O=C(O)CNC(=O)COc1ccc(C2CCC3(CC2)OOC2(O3)C3CC4CC(C3)CC2C4)cc1. The molecule has 1 saturated heterocycles. The first-order valence-electron chi connectivity index (χ1n) is 12.7. The van der Waals surface area contributed by atoms with Gasteiger partial charge in [-0.2, -0.15) is 9.78 Å². The van der Waals surface area contributed by atoms with Gasteiger partial charge in [0.15, 0.2) is 6.61 Å². The van der Waals surface area contributed by atoms with E-state index >= 15 is 0 Å². The van der Waals surface area contributed by atoms with Crippen LogP contribution in [0, 0.1) is 23.7 Å². The van der Waals surface area contributed by atoms with E-state index in [1.165, 1.54) is 37.7 Å². The van der Waals surface area contributed by atoms with Crippen molar-refractivity contribution in [2.24, 2.45) is 23.7 Å². The number of aliphatic carboxylic acids is 1. The molecule has 1 aromatic carbocycles. The molecule has 0 aromatic heterocycles. The average molecular weight is 472 g/mol. The Kier molecular flexibility index (Phi) is 5.58. The van der Waals surface area contributed by atoms with Gasteiger partial charge in [-0.3, -0.25) is 9.59 Å². The summed E-state index contributed by atoms with van der Waals surface area (Å²) in [6.07, 6.45) is 9.90. The lowest BCUT2D eigenvalue weighted by Crippen LogP contribution is -2.59. The van der Waals surface area contributed by atoms with E-state index in [1.807, 2.05) is 24.3 Å². The number of amides is 1. The number of carboxylic acids is 1. The summed E-state index contributed by atoms with van der Waals surface area (Å²) in [7, 11) is 0. The summed E-state index contributed by atoms with van der Waals surface area (Å²) in [5.74, 6) is 1.05. The van der Waals surface area contributed by atoms with Crippen LogP contribution in [0.15, 0.2) is 24.3 Å². The molecule has 1 aromatic rings. The monoisotopic (exact) mass is 471 g/mol. The first-order chi connectivity index (χ1) is 16.4. The van der Waals surface area contributed by atoms with Crippen LogP contribution < -0.4 is 10.1 Å². The molecule has 1 amide bonds. The zero-order valence-corrected chi connectivity index (χ0v) is 19.4. The molecule has 184 valence electrons. The molecule has 34 heavy (non-hydrogen) atoms. The van der Waals surface area contributed by atoms with E-state index in [-0.39, 0.29) is 6.61 Å². The van der Waals surface area contributed by atoms with E-state index in [9.17, 15) is 9.59 Å². The first-order valence-corrected chi connectivity index (χ1v) is 12.7. The van der Waals surface area contributed by atoms with Crippen LogP contribution in [0.3, 0.4) is 0 Å². The molecular weight excluding hydrogens is 438 g/mol. The number of hydrogen-bond acceptors (Lipinski definition) is 6. The number of hydrogen-bond donors (Lipinski definition) is 2. The lowest BCUT2D eigenvalue weighted by Gasteiger charge is -2.57. The molecule has 1 heterocycles. The van der Waals surface area contributed by atoms with Gasteiger partial charge < -0.3 is 19.9 Å². The van der Waals surface area contributed by atoms with Crippen molar-refractivity contribution in [3.05, 3.63) is 29.8 Å².